The topological polar surface area (TPSA) is 78.5 Å². The molecule has 0 spiro atoms. The molecule has 3 N–H and O–H groups in total. The quantitative estimate of drug-likeness (QED) is 0.852. The lowest BCUT2D eigenvalue weighted by Gasteiger charge is -2.21. The van der Waals surface area contributed by atoms with Crippen molar-refractivity contribution >= 4 is 17.5 Å². The maximum atomic E-state index is 11.9. The number of aromatic nitrogens is 1. The van der Waals surface area contributed by atoms with Crippen LogP contribution in [0.4, 0.5) is 16.2 Å². The zero-order valence-electron chi connectivity index (χ0n) is 13.2. The summed E-state index contributed by atoms with van der Waals surface area (Å²) in [6.07, 6.45) is 3.21. The van der Waals surface area contributed by atoms with E-state index in [2.05, 4.69) is 5.32 Å². The summed E-state index contributed by atoms with van der Waals surface area (Å²) in [5.41, 5.74) is 7.25. The summed E-state index contributed by atoms with van der Waals surface area (Å²) in [5, 5.41) is 2.66. The molecule has 0 unspecified atom stereocenters. The summed E-state index contributed by atoms with van der Waals surface area (Å²) in [4.78, 5) is 11.9. The Hall–Kier alpha value is -2.63. The fourth-order valence-corrected chi connectivity index (χ4v) is 1.98. The van der Waals surface area contributed by atoms with Crippen LogP contribution in [0.2, 0.25) is 0 Å². The van der Waals surface area contributed by atoms with Gasteiger partial charge in [-0.05, 0) is 39.0 Å². The highest BCUT2D eigenvalue weighted by Crippen LogP contribution is 2.32. The second-order valence-electron chi connectivity index (χ2n) is 5.83. The number of nitrogen functional groups attached to an aromatic ring is 1. The van der Waals surface area contributed by atoms with E-state index >= 15 is 0 Å². The molecular weight excluding hydrogens is 282 g/mol. The third-order valence-corrected chi connectivity index (χ3v) is 2.87. The number of anilines is 2. The number of carbonyl (C=O) groups is 1. The average molecular weight is 303 g/mol. The number of amides is 1. The Morgan fingerprint density at radius 3 is 2.41 bits per heavy atom. The van der Waals surface area contributed by atoms with Gasteiger partial charge in [0.15, 0.2) is 0 Å². The molecule has 2 rings (SSSR count). The first-order valence-corrected chi connectivity index (χ1v) is 6.91. The summed E-state index contributed by atoms with van der Waals surface area (Å²) in [6.45, 7) is 5.40. The van der Waals surface area contributed by atoms with Crippen molar-refractivity contribution in [1.82, 2.24) is 4.57 Å². The fourth-order valence-electron chi connectivity index (χ4n) is 1.98. The lowest BCUT2D eigenvalue weighted by molar-refractivity contribution is 0.0635. The normalized spacial score (nSPS) is 11.1. The second-order valence-corrected chi connectivity index (χ2v) is 5.83. The zero-order valence-corrected chi connectivity index (χ0v) is 13.2. The van der Waals surface area contributed by atoms with Crippen LogP contribution in [0.3, 0.4) is 0 Å². The third kappa shape index (κ3) is 3.72. The Kier molecular flexibility index (Phi) is 4.30. The molecule has 0 fully saturated rings. The van der Waals surface area contributed by atoms with Crippen LogP contribution in [-0.4, -0.2) is 23.4 Å². The lowest BCUT2D eigenvalue weighted by atomic mass is 10.2. The molecule has 0 saturated carbocycles. The van der Waals surface area contributed by atoms with E-state index < -0.39 is 11.7 Å². The van der Waals surface area contributed by atoms with Gasteiger partial charge >= 0.3 is 6.09 Å². The van der Waals surface area contributed by atoms with E-state index in [1.807, 2.05) is 29.1 Å². The fraction of sp³-hybridized carbons (Fsp3) is 0.312. The number of nitrogens with zero attached hydrogens (tertiary/aromatic N) is 1. The van der Waals surface area contributed by atoms with Gasteiger partial charge in [-0.3, -0.25) is 5.32 Å². The molecule has 0 bridgehead atoms. The molecule has 0 atom stereocenters. The number of hydrogen-bond donors (Lipinski definition) is 2. The Morgan fingerprint density at radius 1 is 1.23 bits per heavy atom. The predicted molar refractivity (Wildman–Crippen MR) is 86.6 cm³/mol. The Balaban J connectivity index is 2.29. The molecule has 1 heterocycles. The van der Waals surface area contributed by atoms with Crippen molar-refractivity contribution in [2.75, 3.05) is 18.2 Å². The van der Waals surface area contributed by atoms with Crippen LogP contribution in [-0.2, 0) is 4.74 Å². The van der Waals surface area contributed by atoms with E-state index in [9.17, 15) is 4.79 Å². The number of rotatable bonds is 3. The summed E-state index contributed by atoms with van der Waals surface area (Å²) in [6, 6.07) is 7.22. The number of benzene rings is 1. The van der Waals surface area contributed by atoms with Gasteiger partial charge in [0.2, 0.25) is 0 Å². The molecule has 0 saturated heterocycles. The Bertz CT molecular complexity index is 658. The first-order valence-electron chi connectivity index (χ1n) is 6.91. The van der Waals surface area contributed by atoms with Crippen LogP contribution in [0.15, 0.2) is 36.7 Å². The molecule has 1 amide bonds. The van der Waals surface area contributed by atoms with Gasteiger partial charge in [-0.2, -0.15) is 0 Å². The molecule has 1 aromatic carbocycles. The van der Waals surface area contributed by atoms with Crippen molar-refractivity contribution < 1.29 is 14.3 Å². The van der Waals surface area contributed by atoms with Crippen molar-refractivity contribution in [3.63, 3.8) is 0 Å². The average Bonchev–Trinajstić information content (AvgIpc) is 2.90. The number of carbonyl (C=O) groups excluding carboxylic acids is 1. The van der Waals surface area contributed by atoms with Crippen LogP contribution < -0.4 is 15.8 Å². The van der Waals surface area contributed by atoms with Gasteiger partial charge in [-0.15, -0.1) is 0 Å². The molecule has 6 heteroatoms. The maximum Gasteiger partial charge on any atom is 0.412 e. The monoisotopic (exact) mass is 303 g/mol. The van der Waals surface area contributed by atoms with Crippen molar-refractivity contribution in [2.45, 2.75) is 26.4 Å². The van der Waals surface area contributed by atoms with Gasteiger partial charge in [0.25, 0.3) is 0 Å². The van der Waals surface area contributed by atoms with Crippen LogP contribution in [0.5, 0.6) is 5.75 Å². The lowest BCUT2D eigenvalue weighted by Crippen LogP contribution is -2.27. The van der Waals surface area contributed by atoms with Crippen molar-refractivity contribution in [2.24, 2.45) is 0 Å². The van der Waals surface area contributed by atoms with Gasteiger partial charge in [-0.25, -0.2) is 4.79 Å². The van der Waals surface area contributed by atoms with E-state index in [0.29, 0.717) is 17.1 Å². The first kappa shape index (κ1) is 15.8. The Labute approximate surface area is 129 Å². The number of ether oxygens (including phenoxy) is 2. The molecule has 1 aromatic heterocycles. The van der Waals surface area contributed by atoms with Crippen LogP contribution >= 0.6 is 0 Å². The van der Waals surface area contributed by atoms with E-state index in [-0.39, 0.29) is 0 Å². The van der Waals surface area contributed by atoms with Crippen molar-refractivity contribution in [3.05, 3.63) is 36.7 Å². The molecule has 118 valence electrons. The third-order valence-electron chi connectivity index (χ3n) is 2.87. The molecule has 22 heavy (non-hydrogen) atoms. The minimum absolute atomic E-state index is 0.463. The molecule has 0 aliphatic rings. The van der Waals surface area contributed by atoms with Crippen molar-refractivity contribution in [3.8, 4) is 11.4 Å². The molecular formula is C16H21N3O3. The molecule has 0 radical (unpaired) electrons. The summed E-state index contributed by atoms with van der Waals surface area (Å²) >= 11 is 0. The highest BCUT2D eigenvalue weighted by atomic mass is 16.6. The standard InChI is InChI=1S/C16H21N3O3/c1-16(2,3)22-15(20)18-12-9-11(17)13(10-14(12)21-4)19-7-5-6-8-19/h5-10H,17H2,1-4H3,(H,18,20). The zero-order chi connectivity index (χ0) is 16.3. The van der Waals surface area contributed by atoms with Crippen LogP contribution in [0.25, 0.3) is 5.69 Å². The number of hydrogen-bond acceptors (Lipinski definition) is 4. The second kappa shape index (κ2) is 6.01. The van der Waals surface area contributed by atoms with Gasteiger partial charge in [0.1, 0.15) is 11.4 Å². The maximum absolute atomic E-state index is 11.9. The van der Waals surface area contributed by atoms with E-state index in [4.69, 9.17) is 15.2 Å². The summed E-state index contributed by atoms with van der Waals surface area (Å²) in [5.74, 6) is 0.503. The van der Waals surface area contributed by atoms with E-state index in [1.54, 1.807) is 32.9 Å². The predicted octanol–water partition coefficient (Wildman–Crippen LogP) is 3.42. The molecule has 0 aliphatic carbocycles. The van der Waals surface area contributed by atoms with Crippen molar-refractivity contribution in [1.29, 1.82) is 0 Å². The van der Waals surface area contributed by atoms with E-state index in [1.165, 1.54) is 7.11 Å². The molecule has 6 nitrogen and oxygen atoms in total. The molecule has 0 aliphatic heterocycles. The SMILES string of the molecule is COc1cc(-n2cccc2)c(N)cc1NC(=O)OC(C)(C)C. The van der Waals surface area contributed by atoms with Crippen LogP contribution in [0, 0.1) is 0 Å². The molecule has 2 aromatic rings. The number of nitrogens with one attached hydrogen (secondary N) is 1. The summed E-state index contributed by atoms with van der Waals surface area (Å²) in [7, 11) is 1.53. The van der Waals surface area contributed by atoms with Gasteiger partial charge < -0.3 is 19.8 Å². The Morgan fingerprint density at radius 2 is 1.86 bits per heavy atom. The summed E-state index contributed by atoms with van der Waals surface area (Å²) < 4.78 is 12.4. The minimum Gasteiger partial charge on any atom is -0.494 e. The van der Waals surface area contributed by atoms with E-state index in [0.717, 1.165) is 5.69 Å². The highest BCUT2D eigenvalue weighted by molar-refractivity contribution is 5.89. The number of methoxy groups -OCH3 is 1. The number of nitrogens with two attached hydrogens (primary N) is 1. The smallest absolute Gasteiger partial charge is 0.412 e. The van der Waals surface area contributed by atoms with Gasteiger partial charge in [0, 0.05) is 18.5 Å². The largest absolute Gasteiger partial charge is 0.494 e. The van der Waals surface area contributed by atoms with Gasteiger partial charge in [0.05, 0.1) is 24.2 Å². The first-order chi connectivity index (χ1) is 10.3. The van der Waals surface area contributed by atoms with Crippen LogP contribution in [0.1, 0.15) is 20.8 Å². The van der Waals surface area contributed by atoms with Gasteiger partial charge in [-0.1, -0.05) is 0 Å². The highest BCUT2D eigenvalue weighted by Gasteiger charge is 2.18. The minimum atomic E-state index is -0.575.